The molecule has 2 aromatic carbocycles. The Bertz CT molecular complexity index is 871. The summed E-state index contributed by atoms with van der Waals surface area (Å²) in [4.78, 5) is 9.16. The van der Waals surface area contributed by atoms with Gasteiger partial charge in [-0.05, 0) is 43.0 Å². The van der Waals surface area contributed by atoms with Crippen LogP contribution in [0, 0.1) is 13.8 Å². The number of anilines is 4. The van der Waals surface area contributed by atoms with Crippen LogP contribution >= 0.6 is 0 Å². The maximum atomic E-state index is 4.63. The Kier molecular flexibility index (Phi) is 4.98. The minimum absolute atomic E-state index is 0.429. The molecule has 4 heteroatoms. The topological polar surface area (TPSA) is 49.8 Å². The zero-order valence-corrected chi connectivity index (χ0v) is 15.2. The monoisotopic (exact) mass is 332 g/mol. The van der Waals surface area contributed by atoms with E-state index in [4.69, 9.17) is 0 Å². The molecule has 3 aromatic rings. The van der Waals surface area contributed by atoms with E-state index in [1.807, 2.05) is 37.3 Å². The van der Waals surface area contributed by atoms with Gasteiger partial charge >= 0.3 is 0 Å². The first-order chi connectivity index (χ1) is 12.0. The predicted octanol–water partition coefficient (Wildman–Crippen LogP) is 5.70. The predicted molar refractivity (Wildman–Crippen MR) is 105 cm³/mol. The van der Waals surface area contributed by atoms with Crippen molar-refractivity contribution in [2.45, 2.75) is 33.6 Å². The van der Waals surface area contributed by atoms with Crippen molar-refractivity contribution < 1.29 is 0 Å². The molecule has 0 aliphatic rings. The molecule has 0 saturated heterocycles. The summed E-state index contributed by atoms with van der Waals surface area (Å²) in [7, 11) is 0. The lowest BCUT2D eigenvalue weighted by atomic mass is 10.0. The molecule has 128 valence electrons. The van der Waals surface area contributed by atoms with Crippen molar-refractivity contribution >= 4 is 23.1 Å². The number of aryl methyl sites for hydroxylation is 2. The van der Waals surface area contributed by atoms with Crippen molar-refractivity contribution in [1.82, 2.24) is 9.97 Å². The summed E-state index contributed by atoms with van der Waals surface area (Å²) in [5, 5.41) is 6.76. The quantitative estimate of drug-likeness (QED) is 0.629. The van der Waals surface area contributed by atoms with Crippen LogP contribution in [0.4, 0.5) is 23.1 Å². The highest BCUT2D eigenvalue weighted by Gasteiger charge is 2.09. The van der Waals surface area contributed by atoms with Gasteiger partial charge in [-0.3, -0.25) is 0 Å². The lowest BCUT2D eigenvalue weighted by molar-refractivity contribution is 0.868. The van der Waals surface area contributed by atoms with Gasteiger partial charge in [0.25, 0.3) is 0 Å². The number of aromatic nitrogens is 2. The molecule has 3 rings (SSSR count). The van der Waals surface area contributed by atoms with Gasteiger partial charge in [-0.2, -0.15) is 4.98 Å². The van der Waals surface area contributed by atoms with Crippen molar-refractivity contribution in [3.63, 3.8) is 0 Å². The van der Waals surface area contributed by atoms with Gasteiger partial charge in [-0.25, -0.2) is 4.98 Å². The Morgan fingerprint density at radius 3 is 2.20 bits per heavy atom. The molecule has 1 heterocycles. The second kappa shape index (κ2) is 7.34. The first kappa shape index (κ1) is 17.0. The van der Waals surface area contributed by atoms with E-state index < -0.39 is 0 Å². The second-order valence-corrected chi connectivity index (χ2v) is 6.53. The zero-order chi connectivity index (χ0) is 17.8. The molecule has 0 unspecified atom stereocenters. The fourth-order valence-corrected chi connectivity index (χ4v) is 2.77. The summed E-state index contributed by atoms with van der Waals surface area (Å²) in [6.45, 7) is 8.42. The Labute approximate surface area is 149 Å². The van der Waals surface area contributed by atoms with Gasteiger partial charge in [0.15, 0.2) is 0 Å². The van der Waals surface area contributed by atoms with E-state index in [-0.39, 0.29) is 0 Å². The van der Waals surface area contributed by atoms with E-state index >= 15 is 0 Å². The number of rotatable bonds is 5. The molecule has 0 fully saturated rings. The van der Waals surface area contributed by atoms with Crippen molar-refractivity contribution in [1.29, 1.82) is 0 Å². The van der Waals surface area contributed by atoms with E-state index in [0.717, 1.165) is 22.9 Å². The number of para-hydroxylation sites is 2. The SMILES string of the molecule is Cc1cc(Nc2ccccc2C)nc(Nc2ccccc2C(C)C)n1. The van der Waals surface area contributed by atoms with Crippen molar-refractivity contribution in [2.24, 2.45) is 0 Å². The van der Waals surface area contributed by atoms with Gasteiger partial charge in [-0.1, -0.05) is 50.2 Å². The number of benzene rings is 2. The molecule has 0 aliphatic heterocycles. The van der Waals surface area contributed by atoms with Gasteiger partial charge in [0.1, 0.15) is 5.82 Å². The van der Waals surface area contributed by atoms with E-state index in [9.17, 15) is 0 Å². The Morgan fingerprint density at radius 2 is 1.48 bits per heavy atom. The van der Waals surface area contributed by atoms with Crippen molar-refractivity contribution in [3.05, 3.63) is 71.4 Å². The summed E-state index contributed by atoms with van der Waals surface area (Å²) >= 11 is 0. The molecule has 0 saturated carbocycles. The van der Waals surface area contributed by atoms with Crippen molar-refractivity contribution in [3.8, 4) is 0 Å². The summed E-state index contributed by atoms with van der Waals surface area (Å²) in [6, 6.07) is 18.4. The van der Waals surface area contributed by atoms with Crippen LogP contribution in [0.2, 0.25) is 0 Å². The summed E-state index contributed by atoms with van der Waals surface area (Å²) in [5.41, 5.74) is 5.44. The number of hydrogen-bond donors (Lipinski definition) is 2. The minimum Gasteiger partial charge on any atom is -0.340 e. The summed E-state index contributed by atoms with van der Waals surface area (Å²) in [5.74, 6) is 1.81. The molecule has 25 heavy (non-hydrogen) atoms. The minimum atomic E-state index is 0.429. The lowest BCUT2D eigenvalue weighted by Crippen LogP contribution is -2.04. The van der Waals surface area contributed by atoms with E-state index in [1.54, 1.807) is 0 Å². The van der Waals surface area contributed by atoms with Crippen LogP contribution in [0.15, 0.2) is 54.6 Å². The molecular formula is C21H24N4. The van der Waals surface area contributed by atoms with E-state index in [2.05, 4.69) is 65.6 Å². The first-order valence-electron chi connectivity index (χ1n) is 8.57. The third kappa shape index (κ3) is 4.15. The molecular weight excluding hydrogens is 308 g/mol. The molecule has 0 radical (unpaired) electrons. The van der Waals surface area contributed by atoms with Gasteiger partial charge in [0.05, 0.1) is 0 Å². The molecule has 0 atom stereocenters. The van der Waals surface area contributed by atoms with E-state index in [1.165, 1.54) is 11.1 Å². The molecule has 0 bridgehead atoms. The Morgan fingerprint density at radius 1 is 0.800 bits per heavy atom. The Balaban J connectivity index is 1.89. The standard InChI is InChI=1S/C21H24N4/c1-14(2)17-10-6-8-12-19(17)24-21-22-16(4)13-20(25-21)23-18-11-7-5-9-15(18)3/h5-14H,1-4H3,(H2,22,23,24,25). The maximum Gasteiger partial charge on any atom is 0.229 e. The first-order valence-corrected chi connectivity index (χ1v) is 8.57. The maximum absolute atomic E-state index is 4.63. The second-order valence-electron chi connectivity index (χ2n) is 6.53. The van der Waals surface area contributed by atoms with Crippen molar-refractivity contribution in [2.75, 3.05) is 10.6 Å². The highest BCUT2D eigenvalue weighted by Crippen LogP contribution is 2.27. The fourth-order valence-electron chi connectivity index (χ4n) is 2.77. The number of hydrogen-bond acceptors (Lipinski definition) is 4. The molecule has 0 spiro atoms. The van der Waals surface area contributed by atoms with Crippen LogP contribution in [0.5, 0.6) is 0 Å². The largest absolute Gasteiger partial charge is 0.340 e. The summed E-state index contributed by atoms with van der Waals surface area (Å²) in [6.07, 6.45) is 0. The molecule has 4 nitrogen and oxygen atoms in total. The van der Waals surface area contributed by atoms with Gasteiger partial charge < -0.3 is 10.6 Å². The van der Waals surface area contributed by atoms with Crippen LogP contribution in [0.3, 0.4) is 0 Å². The highest BCUT2D eigenvalue weighted by atomic mass is 15.1. The number of nitrogens with one attached hydrogen (secondary N) is 2. The van der Waals surface area contributed by atoms with E-state index in [0.29, 0.717) is 11.9 Å². The fraction of sp³-hybridized carbons (Fsp3) is 0.238. The van der Waals surface area contributed by atoms with Crippen LogP contribution < -0.4 is 10.6 Å². The van der Waals surface area contributed by atoms with Crippen LogP contribution in [-0.2, 0) is 0 Å². The smallest absolute Gasteiger partial charge is 0.229 e. The zero-order valence-electron chi connectivity index (χ0n) is 15.2. The molecule has 0 aliphatic carbocycles. The van der Waals surface area contributed by atoms with Gasteiger partial charge in [-0.15, -0.1) is 0 Å². The highest BCUT2D eigenvalue weighted by molar-refractivity contribution is 5.64. The van der Waals surface area contributed by atoms with Crippen LogP contribution in [0.1, 0.15) is 36.6 Å². The molecule has 1 aromatic heterocycles. The average Bonchev–Trinajstić information content (AvgIpc) is 2.57. The third-order valence-electron chi connectivity index (χ3n) is 4.09. The lowest BCUT2D eigenvalue weighted by Gasteiger charge is -2.15. The summed E-state index contributed by atoms with van der Waals surface area (Å²) < 4.78 is 0. The Hall–Kier alpha value is -2.88. The average molecular weight is 332 g/mol. The normalized spacial score (nSPS) is 10.8. The van der Waals surface area contributed by atoms with Crippen LogP contribution in [0.25, 0.3) is 0 Å². The van der Waals surface area contributed by atoms with Crippen LogP contribution in [-0.4, -0.2) is 9.97 Å². The molecule has 2 N–H and O–H groups in total. The third-order valence-corrected chi connectivity index (χ3v) is 4.09. The van der Waals surface area contributed by atoms with Gasteiger partial charge in [0.2, 0.25) is 5.95 Å². The molecule has 0 amide bonds. The number of nitrogens with zero attached hydrogens (tertiary/aromatic N) is 2. The van der Waals surface area contributed by atoms with Gasteiger partial charge in [0, 0.05) is 23.1 Å².